The normalized spacial score (nSPS) is 22.2. The van der Waals surface area contributed by atoms with E-state index in [-0.39, 0.29) is 17.9 Å². The maximum atomic E-state index is 9.84. The van der Waals surface area contributed by atoms with Crippen molar-refractivity contribution in [2.24, 2.45) is 11.8 Å². The fourth-order valence-electron chi connectivity index (χ4n) is 1.61. The summed E-state index contributed by atoms with van der Waals surface area (Å²) in [6.45, 7) is 0. The molecular weight excluding hydrogens is 148 g/mol. The minimum Gasteiger partial charge on any atom is -0.391 e. The van der Waals surface area contributed by atoms with Crippen LogP contribution in [0.5, 0.6) is 0 Å². The van der Waals surface area contributed by atoms with Crippen molar-refractivity contribution in [2.75, 3.05) is 0 Å². The first-order valence-corrected chi connectivity index (χ1v) is 4.26. The first kappa shape index (κ1) is 7.56. The summed E-state index contributed by atoms with van der Waals surface area (Å²) in [7, 11) is 0. The van der Waals surface area contributed by atoms with Crippen LogP contribution >= 0.6 is 0 Å². The quantitative estimate of drug-likeness (QED) is 0.653. The molecule has 62 valence electrons. The second-order valence-electron chi connectivity index (χ2n) is 3.18. The zero-order chi connectivity index (χ0) is 8.39. The van der Waals surface area contributed by atoms with Crippen LogP contribution in [0.3, 0.4) is 0 Å². The summed E-state index contributed by atoms with van der Waals surface area (Å²) in [6, 6.07) is 0. The van der Waals surface area contributed by atoms with Gasteiger partial charge >= 0.3 is 0 Å². The fourth-order valence-corrected chi connectivity index (χ4v) is 1.61. The van der Waals surface area contributed by atoms with Crippen molar-refractivity contribution in [3.05, 3.63) is 48.6 Å². The van der Waals surface area contributed by atoms with Crippen LogP contribution in [-0.2, 0) is 0 Å². The van der Waals surface area contributed by atoms with Gasteiger partial charge in [-0.05, 0) is 0 Å². The SMILES string of the molecule is OC(C1C=CC=C1)C1C=CC=C1. The molecule has 0 unspecified atom stereocenters. The van der Waals surface area contributed by atoms with Crippen molar-refractivity contribution in [2.45, 2.75) is 6.10 Å². The van der Waals surface area contributed by atoms with Gasteiger partial charge in [0.25, 0.3) is 0 Å². The van der Waals surface area contributed by atoms with Gasteiger partial charge in [0.1, 0.15) is 0 Å². The van der Waals surface area contributed by atoms with Crippen LogP contribution in [0, 0.1) is 11.8 Å². The van der Waals surface area contributed by atoms with Crippen molar-refractivity contribution in [3.63, 3.8) is 0 Å². The molecule has 0 aliphatic heterocycles. The van der Waals surface area contributed by atoms with Gasteiger partial charge in [-0.2, -0.15) is 0 Å². The molecule has 0 heterocycles. The van der Waals surface area contributed by atoms with Crippen LogP contribution in [0.2, 0.25) is 0 Å². The van der Waals surface area contributed by atoms with Gasteiger partial charge in [0.05, 0.1) is 6.10 Å². The number of rotatable bonds is 2. The highest BCUT2D eigenvalue weighted by atomic mass is 16.3. The van der Waals surface area contributed by atoms with E-state index in [9.17, 15) is 5.11 Å². The lowest BCUT2D eigenvalue weighted by Crippen LogP contribution is -2.22. The third-order valence-electron chi connectivity index (χ3n) is 2.34. The Kier molecular flexibility index (Phi) is 1.96. The molecule has 1 nitrogen and oxygen atoms in total. The molecule has 1 N–H and O–H groups in total. The Labute approximate surface area is 72.4 Å². The molecule has 0 atom stereocenters. The summed E-state index contributed by atoms with van der Waals surface area (Å²) >= 11 is 0. The molecule has 0 radical (unpaired) electrons. The lowest BCUT2D eigenvalue weighted by molar-refractivity contribution is 0.125. The van der Waals surface area contributed by atoms with E-state index in [0.29, 0.717) is 0 Å². The molecule has 2 aliphatic carbocycles. The van der Waals surface area contributed by atoms with Crippen molar-refractivity contribution in [1.82, 2.24) is 0 Å². The largest absolute Gasteiger partial charge is 0.391 e. The first-order chi connectivity index (χ1) is 5.88. The lowest BCUT2D eigenvalue weighted by Gasteiger charge is -2.18. The second kappa shape index (κ2) is 3.11. The number of allylic oxidation sites excluding steroid dienone is 4. The average Bonchev–Trinajstić information content (AvgIpc) is 2.77. The van der Waals surface area contributed by atoms with E-state index in [1.807, 2.05) is 48.6 Å². The van der Waals surface area contributed by atoms with E-state index in [4.69, 9.17) is 0 Å². The highest BCUT2D eigenvalue weighted by molar-refractivity contribution is 5.25. The Morgan fingerprint density at radius 2 is 1.08 bits per heavy atom. The molecule has 2 rings (SSSR count). The Hall–Kier alpha value is -1.08. The summed E-state index contributed by atoms with van der Waals surface area (Å²) in [5, 5.41) is 9.84. The molecule has 0 saturated heterocycles. The van der Waals surface area contributed by atoms with Gasteiger partial charge in [0, 0.05) is 11.8 Å². The maximum absolute atomic E-state index is 9.84. The van der Waals surface area contributed by atoms with Crippen LogP contribution in [0.25, 0.3) is 0 Å². The Balaban J connectivity index is 2.04. The number of aliphatic hydroxyl groups excluding tert-OH is 1. The van der Waals surface area contributed by atoms with E-state index in [2.05, 4.69) is 0 Å². The van der Waals surface area contributed by atoms with Gasteiger partial charge in [-0.15, -0.1) is 0 Å². The number of hydrogen-bond acceptors (Lipinski definition) is 1. The summed E-state index contributed by atoms with van der Waals surface area (Å²) in [4.78, 5) is 0. The summed E-state index contributed by atoms with van der Waals surface area (Å²) in [5.41, 5.74) is 0. The van der Waals surface area contributed by atoms with Gasteiger partial charge < -0.3 is 5.11 Å². The number of aliphatic hydroxyl groups is 1. The van der Waals surface area contributed by atoms with E-state index in [1.165, 1.54) is 0 Å². The topological polar surface area (TPSA) is 20.2 Å². The van der Waals surface area contributed by atoms with E-state index in [0.717, 1.165) is 0 Å². The van der Waals surface area contributed by atoms with Gasteiger partial charge in [-0.25, -0.2) is 0 Å². The van der Waals surface area contributed by atoms with Crippen LogP contribution in [-0.4, -0.2) is 11.2 Å². The first-order valence-electron chi connectivity index (χ1n) is 4.26. The molecule has 0 saturated carbocycles. The molecular formula is C11H12O. The predicted molar refractivity (Wildman–Crippen MR) is 49.5 cm³/mol. The van der Waals surface area contributed by atoms with E-state index in [1.54, 1.807) is 0 Å². The molecule has 12 heavy (non-hydrogen) atoms. The maximum Gasteiger partial charge on any atom is 0.0734 e. The minimum atomic E-state index is -0.296. The molecule has 0 aromatic rings. The Morgan fingerprint density at radius 1 is 0.750 bits per heavy atom. The van der Waals surface area contributed by atoms with Crippen molar-refractivity contribution in [3.8, 4) is 0 Å². The Morgan fingerprint density at radius 3 is 1.42 bits per heavy atom. The minimum absolute atomic E-state index is 0.197. The van der Waals surface area contributed by atoms with Crippen LogP contribution in [0.4, 0.5) is 0 Å². The van der Waals surface area contributed by atoms with Crippen molar-refractivity contribution in [1.29, 1.82) is 0 Å². The highest BCUT2D eigenvalue weighted by Crippen LogP contribution is 2.23. The molecule has 0 bridgehead atoms. The highest BCUT2D eigenvalue weighted by Gasteiger charge is 2.22. The summed E-state index contributed by atoms with van der Waals surface area (Å²) < 4.78 is 0. The van der Waals surface area contributed by atoms with E-state index < -0.39 is 0 Å². The Bertz CT molecular complexity index is 219. The zero-order valence-electron chi connectivity index (χ0n) is 6.80. The van der Waals surface area contributed by atoms with Crippen LogP contribution < -0.4 is 0 Å². The number of hydrogen-bond donors (Lipinski definition) is 1. The third kappa shape index (κ3) is 1.28. The molecule has 2 aliphatic rings. The summed E-state index contributed by atoms with van der Waals surface area (Å²) in [5.74, 6) is 0.393. The van der Waals surface area contributed by atoms with Crippen molar-refractivity contribution < 1.29 is 5.11 Å². The average molecular weight is 160 g/mol. The molecule has 0 aromatic heterocycles. The van der Waals surface area contributed by atoms with Gasteiger partial charge in [0.15, 0.2) is 0 Å². The monoisotopic (exact) mass is 160 g/mol. The predicted octanol–water partition coefficient (Wildman–Crippen LogP) is 1.83. The van der Waals surface area contributed by atoms with Crippen molar-refractivity contribution >= 4 is 0 Å². The van der Waals surface area contributed by atoms with Crippen LogP contribution in [0.1, 0.15) is 0 Å². The standard InChI is InChI=1S/C11H12O/c12-11(9-5-1-2-6-9)10-7-3-4-8-10/h1-12H. The van der Waals surface area contributed by atoms with Gasteiger partial charge in [-0.3, -0.25) is 0 Å². The fraction of sp³-hybridized carbons (Fsp3) is 0.273. The lowest BCUT2D eigenvalue weighted by atomic mass is 9.93. The molecule has 0 fully saturated rings. The molecule has 1 heteroatoms. The third-order valence-corrected chi connectivity index (χ3v) is 2.34. The zero-order valence-corrected chi connectivity index (χ0v) is 6.80. The molecule has 0 aromatic carbocycles. The van der Waals surface area contributed by atoms with Gasteiger partial charge in [-0.1, -0.05) is 48.6 Å². The molecule has 0 amide bonds. The second-order valence-corrected chi connectivity index (χ2v) is 3.18. The van der Waals surface area contributed by atoms with Crippen LogP contribution in [0.15, 0.2) is 48.6 Å². The van der Waals surface area contributed by atoms with E-state index >= 15 is 0 Å². The smallest absolute Gasteiger partial charge is 0.0734 e. The van der Waals surface area contributed by atoms with Gasteiger partial charge in [0.2, 0.25) is 0 Å². The summed E-state index contributed by atoms with van der Waals surface area (Å²) in [6.07, 6.45) is 15.8. The molecule has 0 spiro atoms.